The number of carboxylic acid groups (broad SMARTS) is 1. The third-order valence-electron chi connectivity index (χ3n) is 1.93. The molecule has 0 saturated heterocycles. The largest absolute Gasteiger partial charge is 0.476 e. The Labute approximate surface area is 91.7 Å². The van der Waals surface area contributed by atoms with Crippen LogP contribution in [-0.4, -0.2) is 23.2 Å². The predicted molar refractivity (Wildman–Crippen MR) is 54.2 cm³/mol. The zero-order valence-electron chi connectivity index (χ0n) is 8.64. The van der Waals surface area contributed by atoms with Gasteiger partial charge in [-0.05, 0) is 24.3 Å². The molecular formula is C11H11FO4. The van der Waals surface area contributed by atoms with Crippen molar-refractivity contribution in [3.8, 4) is 5.75 Å². The lowest BCUT2D eigenvalue weighted by Crippen LogP contribution is -2.21. The van der Waals surface area contributed by atoms with Gasteiger partial charge in [0.2, 0.25) is 0 Å². The highest BCUT2D eigenvalue weighted by Gasteiger charge is 2.17. The third kappa shape index (κ3) is 3.05. The van der Waals surface area contributed by atoms with Crippen LogP contribution >= 0.6 is 0 Å². The maximum absolute atomic E-state index is 12.6. The lowest BCUT2D eigenvalue weighted by atomic mass is 10.1. The number of Topliss-reactive ketones (excluding diaryl/α,β-unsaturated/α-hetero) is 1. The molecule has 1 aromatic carbocycles. The second kappa shape index (κ2) is 5.25. The molecule has 0 amide bonds. The molecule has 0 bridgehead atoms. The van der Waals surface area contributed by atoms with Gasteiger partial charge in [-0.1, -0.05) is 6.92 Å². The summed E-state index contributed by atoms with van der Waals surface area (Å²) in [6, 6.07) is 5.66. The topological polar surface area (TPSA) is 63.6 Å². The smallest absolute Gasteiger partial charge is 0.378 e. The fraction of sp³-hybridized carbons (Fsp3) is 0.273. The van der Waals surface area contributed by atoms with E-state index in [1.54, 1.807) is 6.92 Å². The average molecular weight is 226 g/mol. The molecule has 1 atom stereocenters. The quantitative estimate of drug-likeness (QED) is 0.780. The molecule has 0 aliphatic rings. The molecule has 0 aliphatic heterocycles. The van der Waals surface area contributed by atoms with Crippen molar-refractivity contribution in [3.63, 3.8) is 0 Å². The van der Waals surface area contributed by atoms with Gasteiger partial charge in [-0.3, -0.25) is 4.79 Å². The zero-order chi connectivity index (χ0) is 12.1. The molecule has 1 unspecified atom stereocenters. The Hall–Kier alpha value is -1.91. The van der Waals surface area contributed by atoms with Crippen LogP contribution in [0.2, 0.25) is 0 Å². The number of hydrogen-bond acceptors (Lipinski definition) is 3. The van der Waals surface area contributed by atoms with E-state index in [4.69, 9.17) is 5.11 Å². The summed E-state index contributed by atoms with van der Waals surface area (Å²) in [7, 11) is 0. The molecule has 5 heteroatoms. The number of benzene rings is 1. The van der Waals surface area contributed by atoms with Crippen LogP contribution in [0, 0.1) is 0 Å². The van der Waals surface area contributed by atoms with Crippen LogP contribution in [0.25, 0.3) is 0 Å². The molecule has 0 radical (unpaired) electrons. The number of carbonyl (C=O) groups is 2. The highest BCUT2D eigenvalue weighted by Crippen LogP contribution is 2.15. The number of alkyl halides is 1. The van der Waals surface area contributed by atoms with Crippen LogP contribution in [0.5, 0.6) is 5.75 Å². The lowest BCUT2D eigenvalue weighted by Gasteiger charge is -2.07. The van der Waals surface area contributed by atoms with E-state index in [9.17, 15) is 14.0 Å². The fourth-order valence-corrected chi connectivity index (χ4v) is 1.09. The van der Waals surface area contributed by atoms with Gasteiger partial charge in [0.15, 0.2) is 5.78 Å². The van der Waals surface area contributed by atoms with Crippen molar-refractivity contribution in [1.82, 2.24) is 0 Å². The molecule has 4 nitrogen and oxygen atoms in total. The van der Waals surface area contributed by atoms with Gasteiger partial charge in [0.25, 0.3) is 0 Å². The number of hydrogen-bond donors (Lipinski definition) is 1. The maximum Gasteiger partial charge on any atom is 0.378 e. The van der Waals surface area contributed by atoms with Gasteiger partial charge in [-0.25, -0.2) is 4.79 Å². The normalized spacial score (nSPS) is 11.9. The number of carboxylic acids is 1. The fourth-order valence-electron chi connectivity index (χ4n) is 1.09. The minimum absolute atomic E-state index is 0.0402. The number of ether oxygens (including phenoxy) is 1. The lowest BCUT2D eigenvalue weighted by molar-refractivity contribution is -0.153. The van der Waals surface area contributed by atoms with Gasteiger partial charge in [0.1, 0.15) is 5.75 Å². The molecular weight excluding hydrogens is 215 g/mol. The van der Waals surface area contributed by atoms with Crippen molar-refractivity contribution in [1.29, 1.82) is 0 Å². The van der Waals surface area contributed by atoms with Gasteiger partial charge in [0.05, 0.1) is 0 Å². The molecule has 0 heterocycles. The second-order valence-electron chi connectivity index (χ2n) is 3.07. The molecule has 1 N–H and O–H groups in total. The molecule has 1 rings (SSSR count). The first kappa shape index (κ1) is 12.2. The summed E-state index contributed by atoms with van der Waals surface area (Å²) >= 11 is 0. The first-order chi connectivity index (χ1) is 7.54. The Morgan fingerprint density at radius 1 is 1.38 bits per heavy atom. The van der Waals surface area contributed by atoms with E-state index < -0.39 is 12.3 Å². The highest BCUT2D eigenvalue weighted by molar-refractivity contribution is 5.95. The summed E-state index contributed by atoms with van der Waals surface area (Å²) in [5, 5.41) is 8.27. The maximum atomic E-state index is 12.6. The van der Waals surface area contributed by atoms with Crippen LogP contribution in [0.4, 0.5) is 4.39 Å². The molecule has 16 heavy (non-hydrogen) atoms. The summed E-state index contributed by atoms with van der Waals surface area (Å²) in [6.07, 6.45) is -2.02. The van der Waals surface area contributed by atoms with Crippen LogP contribution < -0.4 is 4.74 Å². The minimum Gasteiger partial charge on any atom is -0.476 e. The first-order valence-corrected chi connectivity index (χ1v) is 4.71. The van der Waals surface area contributed by atoms with Crippen LogP contribution in [0.15, 0.2) is 24.3 Å². The van der Waals surface area contributed by atoms with Gasteiger partial charge in [-0.15, -0.1) is 0 Å². The summed E-state index contributed by atoms with van der Waals surface area (Å²) in [5.74, 6) is -1.65. The number of ketones is 1. The Morgan fingerprint density at radius 2 is 1.94 bits per heavy atom. The van der Waals surface area contributed by atoms with Gasteiger partial charge in [0, 0.05) is 12.0 Å². The molecule has 0 saturated carbocycles. The molecule has 0 aromatic heterocycles. The van der Waals surface area contributed by atoms with Crippen molar-refractivity contribution in [2.24, 2.45) is 0 Å². The van der Waals surface area contributed by atoms with Crippen LogP contribution in [-0.2, 0) is 4.79 Å². The van der Waals surface area contributed by atoms with E-state index in [0.29, 0.717) is 12.0 Å². The number of halogens is 1. The number of aliphatic carboxylic acids is 1. The van der Waals surface area contributed by atoms with Crippen molar-refractivity contribution < 1.29 is 23.8 Å². The SMILES string of the molecule is CCC(=O)c1ccc(OC(F)C(=O)O)cc1. The summed E-state index contributed by atoms with van der Waals surface area (Å²) in [4.78, 5) is 21.4. The van der Waals surface area contributed by atoms with Crippen molar-refractivity contribution in [2.75, 3.05) is 0 Å². The second-order valence-corrected chi connectivity index (χ2v) is 3.07. The number of rotatable bonds is 5. The molecule has 86 valence electrons. The standard InChI is InChI=1S/C11H11FO4/c1-2-9(13)7-3-5-8(6-4-7)16-10(12)11(14)15/h3-6,10H,2H2,1H3,(H,14,15). The van der Waals surface area contributed by atoms with Crippen LogP contribution in [0.3, 0.4) is 0 Å². The van der Waals surface area contributed by atoms with Crippen molar-refractivity contribution >= 4 is 11.8 Å². The van der Waals surface area contributed by atoms with E-state index in [1.807, 2.05) is 0 Å². The Kier molecular flexibility index (Phi) is 3.99. The minimum atomic E-state index is -2.40. The zero-order valence-corrected chi connectivity index (χ0v) is 8.64. The predicted octanol–water partition coefficient (Wildman–Crippen LogP) is 2.04. The van der Waals surface area contributed by atoms with E-state index in [0.717, 1.165) is 0 Å². The molecule has 0 aliphatic carbocycles. The highest BCUT2D eigenvalue weighted by atomic mass is 19.1. The monoisotopic (exact) mass is 226 g/mol. The Bertz CT molecular complexity index is 385. The van der Waals surface area contributed by atoms with Crippen molar-refractivity contribution in [2.45, 2.75) is 19.7 Å². The summed E-state index contributed by atoms with van der Waals surface area (Å²) in [6.45, 7) is 1.73. The molecule has 0 fully saturated rings. The van der Waals surface area contributed by atoms with E-state index in [1.165, 1.54) is 24.3 Å². The average Bonchev–Trinajstić information content (AvgIpc) is 2.28. The van der Waals surface area contributed by atoms with Gasteiger partial charge in [-0.2, -0.15) is 4.39 Å². The Balaban J connectivity index is 2.72. The molecule has 1 aromatic rings. The van der Waals surface area contributed by atoms with Crippen molar-refractivity contribution in [3.05, 3.63) is 29.8 Å². The van der Waals surface area contributed by atoms with E-state index >= 15 is 0 Å². The first-order valence-electron chi connectivity index (χ1n) is 4.71. The van der Waals surface area contributed by atoms with Gasteiger partial charge < -0.3 is 9.84 Å². The van der Waals surface area contributed by atoms with E-state index in [2.05, 4.69) is 4.74 Å². The third-order valence-corrected chi connectivity index (χ3v) is 1.93. The molecule has 0 spiro atoms. The van der Waals surface area contributed by atoms with Crippen LogP contribution in [0.1, 0.15) is 23.7 Å². The summed E-state index contributed by atoms with van der Waals surface area (Å²) in [5.41, 5.74) is 0.487. The number of carbonyl (C=O) groups excluding carboxylic acids is 1. The summed E-state index contributed by atoms with van der Waals surface area (Å²) < 4.78 is 17.1. The Morgan fingerprint density at radius 3 is 2.38 bits per heavy atom. The van der Waals surface area contributed by atoms with E-state index in [-0.39, 0.29) is 11.5 Å². The van der Waals surface area contributed by atoms with Gasteiger partial charge >= 0.3 is 12.3 Å².